The summed E-state index contributed by atoms with van der Waals surface area (Å²) >= 11 is 5.98. The van der Waals surface area contributed by atoms with E-state index in [9.17, 15) is 0 Å². The Labute approximate surface area is 158 Å². The van der Waals surface area contributed by atoms with Crippen LogP contribution in [0.25, 0.3) is 22.0 Å². The smallest absolute Gasteiger partial charge is 0.203 e. The van der Waals surface area contributed by atoms with Crippen LogP contribution in [0.1, 0.15) is 18.5 Å². The van der Waals surface area contributed by atoms with Gasteiger partial charge in [-0.25, -0.2) is 4.98 Å². The number of nitrogens with zero attached hydrogens (tertiary/aromatic N) is 2. The summed E-state index contributed by atoms with van der Waals surface area (Å²) in [6.45, 7) is 2.12. The first-order chi connectivity index (χ1) is 12.6. The first-order valence-corrected chi connectivity index (χ1v) is 9.02. The average molecular weight is 362 g/mol. The van der Waals surface area contributed by atoms with Gasteiger partial charge in [-0.3, -0.25) is 0 Å². The van der Waals surface area contributed by atoms with Gasteiger partial charge in [-0.05, 0) is 41.5 Å². The van der Waals surface area contributed by atoms with Crippen LogP contribution in [-0.2, 0) is 7.05 Å². The molecule has 1 N–H and O–H groups in total. The lowest BCUT2D eigenvalue weighted by Gasteiger charge is -2.15. The third-order valence-corrected chi connectivity index (χ3v) is 4.89. The minimum atomic E-state index is 0.137. The quantitative estimate of drug-likeness (QED) is 0.478. The zero-order valence-electron chi connectivity index (χ0n) is 14.8. The Morgan fingerprint density at radius 3 is 2.46 bits per heavy atom. The molecule has 0 aliphatic rings. The van der Waals surface area contributed by atoms with Crippen LogP contribution < -0.4 is 5.32 Å². The summed E-state index contributed by atoms with van der Waals surface area (Å²) in [5.74, 6) is 0.843. The van der Waals surface area contributed by atoms with Gasteiger partial charge in [-0.15, -0.1) is 0 Å². The molecular weight excluding hydrogens is 342 g/mol. The number of aromatic nitrogens is 2. The Hall–Kier alpha value is -2.78. The molecule has 0 aliphatic carbocycles. The van der Waals surface area contributed by atoms with Gasteiger partial charge in [0.15, 0.2) is 0 Å². The highest BCUT2D eigenvalue weighted by Gasteiger charge is 2.12. The molecule has 0 fully saturated rings. The van der Waals surface area contributed by atoms with Crippen LogP contribution in [0.4, 0.5) is 5.95 Å². The summed E-state index contributed by atoms with van der Waals surface area (Å²) < 4.78 is 2.02. The van der Waals surface area contributed by atoms with Crippen molar-refractivity contribution in [2.24, 2.45) is 7.05 Å². The van der Waals surface area contributed by atoms with Gasteiger partial charge >= 0.3 is 0 Å². The molecule has 0 saturated heterocycles. The molecule has 0 radical (unpaired) electrons. The Balaban J connectivity index is 1.61. The van der Waals surface area contributed by atoms with Gasteiger partial charge in [-0.1, -0.05) is 60.1 Å². The molecule has 26 heavy (non-hydrogen) atoms. The van der Waals surface area contributed by atoms with Crippen LogP contribution >= 0.6 is 11.6 Å². The number of rotatable bonds is 4. The third-order valence-electron chi connectivity index (χ3n) is 4.64. The summed E-state index contributed by atoms with van der Waals surface area (Å²) in [5.41, 5.74) is 3.25. The van der Waals surface area contributed by atoms with E-state index in [1.165, 1.54) is 16.3 Å². The van der Waals surface area contributed by atoms with Crippen molar-refractivity contribution in [1.29, 1.82) is 0 Å². The van der Waals surface area contributed by atoms with Gasteiger partial charge < -0.3 is 9.88 Å². The van der Waals surface area contributed by atoms with E-state index < -0.39 is 0 Å². The second kappa shape index (κ2) is 6.85. The van der Waals surface area contributed by atoms with Gasteiger partial charge in [0.2, 0.25) is 5.95 Å². The van der Waals surface area contributed by atoms with Gasteiger partial charge in [0, 0.05) is 23.8 Å². The Morgan fingerprint density at radius 1 is 0.962 bits per heavy atom. The van der Waals surface area contributed by atoms with E-state index in [0.29, 0.717) is 0 Å². The minimum absolute atomic E-state index is 0.137. The Bertz CT molecular complexity index is 1050. The molecule has 1 unspecified atom stereocenters. The molecule has 1 heterocycles. The molecule has 4 heteroatoms. The first kappa shape index (κ1) is 16.7. The summed E-state index contributed by atoms with van der Waals surface area (Å²) in [4.78, 5) is 4.80. The van der Waals surface area contributed by atoms with Crippen molar-refractivity contribution >= 4 is 28.3 Å². The monoisotopic (exact) mass is 361 g/mol. The lowest BCUT2D eigenvalue weighted by Crippen LogP contribution is -2.10. The van der Waals surface area contributed by atoms with Gasteiger partial charge in [0.1, 0.15) is 0 Å². The molecular formula is C22H20ClN3. The van der Waals surface area contributed by atoms with E-state index in [-0.39, 0.29) is 6.04 Å². The van der Waals surface area contributed by atoms with Crippen molar-refractivity contribution in [2.75, 3.05) is 5.32 Å². The minimum Gasteiger partial charge on any atom is -0.349 e. The maximum absolute atomic E-state index is 5.98. The van der Waals surface area contributed by atoms with E-state index in [2.05, 4.69) is 60.9 Å². The third kappa shape index (κ3) is 3.31. The predicted octanol–water partition coefficient (Wildman–Crippen LogP) is 6.07. The largest absolute Gasteiger partial charge is 0.349 e. The van der Waals surface area contributed by atoms with Crippen molar-refractivity contribution in [1.82, 2.24) is 9.55 Å². The van der Waals surface area contributed by atoms with Crippen LogP contribution in [0.2, 0.25) is 5.02 Å². The van der Waals surface area contributed by atoms with E-state index in [0.717, 1.165) is 22.2 Å². The number of aryl methyl sites for hydroxylation is 1. The number of nitrogens with one attached hydrogen (secondary N) is 1. The highest BCUT2D eigenvalue weighted by molar-refractivity contribution is 6.30. The summed E-state index contributed by atoms with van der Waals surface area (Å²) in [7, 11) is 2.01. The molecule has 0 spiro atoms. The molecule has 1 aromatic heterocycles. The van der Waals surface area contributed by atoms with E-state index in [4.69, 9.17) is 16.6 Å². The molecule has 130 valence electrons. The summed E-state index contributed by atoms with van der Waals surface area (Å²) in [5, 5.41) is 6.69. The molecule has 4 aromatic rings. The number of hydrogen-bond donors (Lipinski definition) is 1. The SMILES string of the molecule is CC(Nc1nc(-c2ccc3ccccc3c2)cn1C)c1ccc(Cl)cc1. The van der Waals surface area contributed by atoms with Crippen LogP contribution in [0.5, 0.6) is 0 Å². The van der Waals surface area contributed by atoms with Gasteiger partial charge in [-0.2, -0.15) is 0 Å². The van der Waals surface area contributed by atoms with Crippen molar-refractivity contribution in [2.45, 2.75) is 13.0 Å². The summed E-state index contributed by atoms with van der Waals surface area (Å²) in [6.07, 6.45) is 2.06. The van der Waals surface area contributed by atoms with Gasteiger partial charge in [0.05, 0.1) is 11.7 Å². The second-order valence-corrected chi connectivity index (χ2v) is 6.98. The Morgan fingerprint density at radius 2 is 1.69 bits per heavy atom. The lowest BCUT2D eigenvalue weighted by molar-refractivity contribution is 0.823. The molecule has 0 bridgehead atoms. The fourth-order valence-corrected chi connectivity index (χ4v) is 3.24. The predicted molar refractivity (Wildman–Crippen MR) is 110 cm³/mol. The maximum Gasteiger partial charge on any atom is 0.203 e. The van der Waals surface area contributed by atoms with Crippen molar-refractivity contribution < 1.29 is 0 Å². The van der Waals surface area contributed by atoms with E-state index in [1.807, 2.05) is 35.9 Å². The van der Waals surface area contributed by atoms with Crippen molar-refractivity contribution in [3.05, 3.63) is 83.5 Å². The van der Waals surface area contributed by atoms with Crippen molar-refractivity contribution in [3.63, 3.8) is 0 Å². The fraction of sp³-hybridized carbons (Fsp3) is 0.136. The molecule has 0 aliphatic heterocycles. The number of anilines is 1. The maximum atomic E-state index is 5.98. The standard InChI is InChI=1S/C22H20ClN3/c1-15(16-9-11-20(23)12-10-16)24-22-25-21(14-26(22)2)19-8-7-17-5-3-4-6-18(17)13-19/h3-15H,1-2H3,(H,24,25). The lowest BCUT2D eigenvalue weighted by atomic mass is 10.1. The zero-order valence-corrected chi connectivity index (χ0v) is 15.5. The number of hydrogen-bond acceptors (Lipinski definition) is 2. The molecule has 0 amide bonds. The zero-order chi connectivity index (χ0) is 18.1. The number of fused-ring (bicyclic) bond motifs is 1. The average Bonchev–Trinajstić information content (AvgIpc) is 3.02. The highest BCUT2D eigenvalue weighted by Crippen LogP contribution is 2.26. The Kier molecular flexibility index (Phi) is 4.39. The highest BCUT2D eigenvalue weighted by atomic mass is 35.5. The van der Waals surface area contributed by atoms with Crippen LogP contribution in [-0.4, -0.2) is 9.55 Å². The van der Waals surface area contributed by atoms with Crippen LogP contribution in [0.3, 0.4) is 0 Å². The normalized spacial score (nSPS) is 12.3. The fourth-order valence-electron chi connectivity index (χ4n) is 3.12. The molecule has 0 saturated carbocycles. The molecule has 3 aromatic carbocycles. The summed E-state index contributed by atoms with van der Waals surface area (Å²) in [6, 6.07) is 22.8. The van der Waals surface area contributed by atoms with Crippen LogP contribution in [0.15, 0.2) is 72.9 Å². The van der Waals surface area contributed by atoms with E-state index >= 15 is 0 Å². The topological polar surface area (TPSA) is 29.9 Å². The number of imidazole rings is 1. The first-order valence-electron chi connectivity index (χ1n) is 8.65. The second-order valence-electron chi connectivity index (χ2n) is 6.54. The molecule has 1 atom stereocenters. The van der Waals surface area contributed by atoms with Gasteiger partial charge in [0.25, 0.3) is 0 Å². The van der Waals surface area contributed by atoms with Crippen LogP contribution in [0, 0.1) is 0 Å². The molecule has 3 nitrogen and oxygen atoms in total. The number of halogens is 1. The van der Waals surface area contributed by atoms with Crippen molar-refractivity contribution in [3.8, 4) is 11.3 Å². The van der Waals surface area contributed by atoms with E-state index in [1.54, 1.807) is 0 Å². The number of benzene rings is 3. The molecule has 4 rings (SSSR count).